The fourth-order valence-electron chi connectivity index (χ4n) is 3.76. The number of hydrogen-bond donors (Lipinski definition) is 1. The van der Waals surface area contributed by atoms with E-state index in [1.165, 1.54) is 5.56 Å². The Morgan fingerprint density at radius 2 is 1.75 bits per heavy atom. The van der Waals surface area contributed by atoms with E-state index in [0.29, 0.717) is 5.56 Å². The number of rotatable bonds is 8. The lowest BCUT2D eigenvalue weighted by Gasteiger charge is -2.13. The van der Waals surface area contributed by atoms with Crippen molar-refractivity contribution in [3.05, 3.63) is 70.9 Å². The molecule has 28 heavy (non-hydrogen) atoms. The summed E-state index contributed by atoms with van der Waals surface area (Å²) in [6.07, 6.45) is 2.63. The zero-order chi connectivity index (χ0) is 20.3. The molecule has 0 saturated heterocycles. The molecule has 0 spiro atoms. The molecule has 0 fully saturated rings. The molecule has 4 nitrogen and oxygen atoms in total. The third kappa shape index (κ3) is 3.86. The molecule has 2 aromatic carbocycles. The first kappa shape index (κ1) is 19.9. The molecule has 1 aromatic heterocycles. The lowest BCUT2D eigenvalue weighted by molar-refractivity contribution is 0.0939. The Morgan fingerprint density at radius 1 is 1.04 bits per heavy atom. The van der Waals surface area contributed by atoms with Crippen LogP contribution in [0.2, 0.25) is 0 Å². The number of amides is 1. The van der Waals surface area contributed by atoms with E-state index in [1.54, 1.807) is 6.07 Å². The lowest BCUT2D eigenvalue weighted by Crippen LogP contribution is -2.13. The smallest absolute Gasteiger partial charge is 0.248 e. The Labute approximate surface area is 166 Å². The van der Waals surface area contributed by atoms with Gasteiger partial charge in [-0.05, 0) is 30.5 Å². The average molecular weight is 377 g/mol. The maximum Gasteiger partial charge on any atom is 0.248 e. The van der Waals surface area contributed by atoms with Crippen LogP contribution in [0.4, 0.5) is 0 Å². The number of nitrogens with zero attached hydrogens (tertiary/aromatic N) is 1. The highest BCUT2D eigenvalue weighted by molar-refractivity contribution is 6.11. The van der Waals surface area contributed by atoms with Gasteiger partial charge < -0.3 is 10.3 Å². The molecular weight excluding hydrogens is 348 g/mol. The Balaban J connectivity index is 2.19. The predicted octanol–water partition coefficient (Wildman–Crippen LogP) is 4.77. The maximum absolute atomic E-state index is 13.1. The van der Waals surface area contributed by atoms with Crippen molar-refractivity contribution in [2.75, 3.05) is 0 Å². The van der Waals surface area contributed by atoms with Crippen LogP contribution in [0.5, 0.6) is 0 Å². The number of Topliss-reactive ketones (excluding diaryl/α,β-unsaturated/α-hetero) is 1. The molecule has 0 atom stereocenters. The van der Waals surface area contributed by atoms with Crippen LogP contribution in [-0.2, 0) is 19.4 Å². The van der Waals surface area contributed by atoms with Crippen molar-refractivity contribution >= 4 is 22.6 Å². The van der Waals surface area contributed by atoms with E-state index in [1.807, 2.05) is 44.2 Å². The summed E-state index contributed by atoms with van der Waals surface area (Å²) in [6.45, 7) is 6.74. The number of primary amides is 1. The van der Waals surface area contributed by atoms with Gasteiger partial charge in [0.1, 0.15) is 0 Å². The number of carbonyl (C=O) groups is 2. The number of aryl methyl sites for hydroxylation is 2. The van der Waals surface area contributed by atoms with Crippen molar-refractivity contribution in [3.8, 4) is 0 Å². The minimum Gasteiger partial charge on any atom is -0.366 e. The molecule has 0 radical (unpaired) electrons. The van der Waals surface area contributed by atoms with E-state index < -0.39 is 5.91 Å². The average Bonchev–Trinajstić information content (AvgIpc) is 2.99. The number of aromatic nitrogens is 1. The second kappa shape index (κ2) is 8.42. The van der Waals surface area contributed by atoms with Gasteiger partial charge >= 0.3 is 0 Å². The lowest BCUT2D eigenvalue weighted by atomic mass is 9.96. The number of nitrogens with two attached hydrogens (primary N) is 1. The minimum absolute atomic E-state index is 0.0837. The van der Waals surface area contributed by atoms with Crippen LogP contribution in [-0.4, -0.2) is 16.3 Å². The molecule has 2 N–H and O–H groups in total. The number of carbonyl (C=O) groups excluding carboxylic acids is 2. The van der Waals surface area contributed by atoms with Gasteiger partial charge in [-0.3, -0.25) is 9.59 Å². The van der Waals surface area contributed by atoms with Gasteiger partial charge in [0.05, 0.1) is 0 Å². The third-order valence-corrected chi connectivity index (χ3v) is 5.18. The highest BCUT2D eigenvalue weighted by Gasteiger charge is 2.24. The SMILES string of the molecule is CCCc1c(C(=O)C(C)C)c2ccc(C(N)=O)cc2n1CCc1ccccc1. The summed E-state index contributed by atoms with van der Waals surface area (Å²) in [5.41, 5.74) is 10.0. The Hall–Kier alpha value is -2.88. The van der Waals surface area contributed by atoms with Crippen molar-refractivity contribution < 1.29 is 9.59 Å². The van der Waals surface area contributed by atoms with Crippen LogP contribution in [0, 0.1) is 5.92 Å². The zero-order valence-electron chi connectivity index (χ0n) is 16.9. The van der Waals surface area contributed by atoms with E-state index in [9.17, 15) is 9.59 Å². The number of ketones is 1. The monoisotopic (exact) mass is 376 g/mol. The molecule has 4 heteroatoms. The highest BCUT2D eigenvalue weighted by Crippen LogP contribution is 2.31. The van der Waals surface area contributed by atoms with Gasteiger partial charge in [-0.25, -0.2) is 0 Å². The molecule has 0 aliphatic carbocycles. The van der Waals surface area contributed by atoms with E-state index >= 15 is 0 Å². The van der Waals surface area contributed by atoms with Crippen molar-refractivity contribution in [1.82, 2.24) is 4.57 Å². The molecule has 0 bridgehead atoms. The summed E-state index contributed by atoms with van der Waals surface area (Å²) >= 11 is 0. The second-order valence-corrected chi connectivity index (χ2v) is 7.57. The number of fused-ring (bicyclic) bond motifs is 1. The quantitative estimate of drug-likeness (QED) is 0.575. The van der Waals surface area contributed by atoms with Crippen LogP contribution in [0.3, 0.4) is 0 Å². The molecule has 0 unspecified atom stereocenters. The molecule has 3 aromatic rings. The normalized spacial score (nSPS) is 11.3. The van der Waals surface area contributed by atoms with Crippen LogP contribution in [0.1, 0.15) is 59.2 Å². The van der Waals surface area contributed by atoms with E-state index in [0.717, 1.165) is 48.0 Å². The van der Waals surface area contributed by atoms with Crippen molar-refractivity contribution in [2.24, 2.45) is 11.7 Å². The zero-order valence-corrected chi connectivity index (χ0v) is 16.9. The first-order chi connectivity index (χ1) is 13.4. The van der Waals surface area contributed by atoms with E-state index in [4.69, 9.17) is 5.73 Å². The van der Waals surface area contributed by atoms with Gasteiger partial charge in [0, 0.05) is 40.2 Å². The van der Waals surface area contributed by atoms with Gasteiger partial charge in [-0.2, -0.15) is 0 Å². The van der Waals surface area contributed by atoms with E-state index in [-0.39, 0.29) is 11.7 Å². The molecule has 146 valence electrons. The van der Waals surface area contributed by atoms with Gasteiger partial charge in [0.15, 0.2) is 5.78 Å². The molecule has 0 aliphatic rings. The highest BCUT2D eigenvalue weighted by atomic mass is 16.1. The van der Waals surface area contributed by atoms with Crippen LogP contribution < -0.4 is 5.73 Å². The molecule has 1 heterocycles. The van der Waals surface area contributed by atoms with E-state index in [2.05, 4.69) is 23.6 Å². The van der Waals surface area contributed by atoms with Gasteiger partial charge in [-0.1, -0.05) is 63.6 Å². The summed E-state index contributed by atoms with van der Waals surface area (Å²) in [7, 11) is 0. The first-order valence-electron chi connectivity index (χ1n) is 9.97. The third-order valence-electron chi connectivity index (χ3n) is 5.18. The largest absolute Gasteiger partial charge is 0.366 e. The summed E-state index contributed by atoms with van der Waals surface area (Å²) in [4.78, 5) is 24.8. The Kier molecular flexibility index (Phi) is 5.98. The van der Waals surface area contributed by atoms with Crippen LogP contribution in [0.15, 0.2) is 48.5 Å². The standard InChI is InChI=1S/C24H28N2O2/c1-4-8-20-22(23(27)16(2)3)19-12-11-18(24(25)28)15-21(19)26(20)14-13-17-9-6-5-7-10-17/h5-7,9-12,15-16H,4,8,13-14H2,1-3H3,(H2,25,28). The fraction of sp³-hybridized carbons (Fsp3) is 0.333. The maximum atomic E-state index is 13.1. The minimum atomic E-state index is -0.452. The Morgan fingerprint density at radius 3 is 2.36 bits per heavy atom. The van der Waals surface area contributed by atoms with Crippen molar-refractivity contribution in [1.29, 1.82) is 0 Å². The fourth-order valence-corrected chi connectivity index (χ4v) is 3.76. The van der Waals surface area contributed by atoms with Crippen LogP contribution in [0.25, 0.3) is 10.9 Å². The van der Waals surface area contributed by atoms with Gasteiger partial charge in [0.25, 0.3) is 0 Å². The molecule has 0 saturated carbocycles. The van der Waals surface area contributed by atoms with Gasteiger partial charge in [-0.15, -0.1) is 0 Å². The molecule has 0 aliphatic heterocycles. The van der Waals surface area contributed by atoms with Crippen molar-refractivity contribution in [3.63, 3.8) is 0 Å². The molecule has 3 rings (SSSR count). The topological polar surface area (TPSA) is 65.1 Å². The van der Waals surface area contributed by atoms with Crippen molar-refractivity contribution in [2.45, 2.75) is 46.6 Å². The predicted molar refractivity (Wildman–Crippen MR) is 114 cm³/mol. The molecule has 1 amide bonds. The summed E-state index contributed by atoms with van der Waals surface area (Å²) in [5, 5.41) is 0.917. The first-order valence-corrected chi connectivity index (χ1v) is 9.97. The Bertz CT molecular complexity index is 1000. The summed E-state index contributed by atoms with van der Waals surface area (Å²) < 4.78 is 2.22. The van der Waals surface area contributed by atoms with Crippen LogP contribution >= 0.6 is 0 Å². The number of hydrogen-bond acceptors (Lipinski definition) is 2. The van der Waals surface area contributed by atoms with Gasteiger partial charge in [0.2, 0.25) is 5.91 Å². The number of benzene rings is 2. The molecular formula is C24H28N2O2. The second-order valence-electron chi connectivity index (χ2n) is 7.57. The summed E-state index contributed by atoms with van der Waals surface area (Å²) in [6, 6.07) is 15.7. The summed E-state index contributed by atoms with van der Waals surface area (Å²) in [5.74, 6) is -0.384.